The van der Waals surface area contributed by atoms with E-state index in [0.717, 1.165) is 27.0 Å². The van der Waals surface area contributed by atoms with Crippen LogP contribution in [0.5, 0.6) is 0 Å². The molecule has 2 amide bonds. The van der Waals surface area contributed by atoms with Crippen molar-refractivity contribution in [3.05, 3.63) is 63.1 Å². The lowest BCUT2D eigenvalue weighted by Gasteiger charge is -2.32. The second-order valence-electron chi connectivity index (χ2n) is 8.30. The Morgan fingerprint density at radius 1 is 1.12 bits per heavy atom. The summed E-state index contributed by atoms with van der Waals surface area (Å²) >= 11 is 9.60. The zero-order valence-electron chi connectivity index (χ0n) is 20.0. The van der Waals surface area contributed by atoms with Gasteiger partial charge in [0.25, 0.3) is 0 Å². The molecule has 34 heavy (non-hydrogen) atoms. The monoisotopic (exact) mass is 571 g/mol. The molecule has 2 rings (SSSR count). The van der Waals surface area contributed by atoms with Crippen molar-refractivity contribution in [2.45, 2.75) is 52.7 Å². The molecule has 0 aliphatic rings. The number of carbonyl (C=O) groups is 2. The van der Waals surface area contributed by atoms with Crippen LogP contribution in [0.3, 0.4) is 0 Å². The van der Waals surface area contributed by atoms with Gasteiger partial charge in [0.2, 0.25) is 21.8 Å². The van der Waals surface area contributed by atoms with E-state index in [9.17, 15) is 18.0 Å². The maximum Gasteiger partial charge on any atom is 0.244 e. The Morgan fingerprint density at radius 2 is 1.74 bits per heavy atom. The fourth-order valence-corrected chi connectivity index (χ4v) is 4.63. The predicted molar refractivity (Wildman–Crippen MR) is 140 cm³/mol. The van der Waals surface area contributed by atoms with E-state index in [2.05, 4.69) is 21.2 Å². The Bertz CT molecular complexity index is 1130. The van der Waals surface area contributed by atoms with Gasteiger partial charge in [0.15, 0.2) is 0 Å². The van der Waals surface area contributed by atoms with Gasteiger partial charge in [-0.3, -0.25) is 13.9 Å². The molecule has 0 bridgehead atoms. The summed E-state index contributed by atoms with van der Waals surface area (Å²) in [6, 6.07) is 11.4. The highest BCUT2D eigenvalue weighted by Crippen LogP contribution is 2.28. The van der Waals surface area contributed by atoms with Crippen molar-refractivity contribution in [2.24, 2.45) is 0 Å². The Balaban J connectivity index is 2.42. The number of nitrogens with zero attached hydrogens (tertiary/aromatic N) is 2. The van der Waals surface area contributed by atoms with Crippen LogP contribution in [0.15, 0.2) is 46.9 Å². The molecule has 0 radical (unpaired) electrons. The van der Waals surface area contributed by atoms with Gasteiger partial charge in [-0.1, -0.05) is 52.7 Å². The van der Waals surface area contributed by atoms with Crippen molar-refractivity contribution in [3.8, 4) is 0 Å². The average molecular weight is 573 g/mol. The number of carbonyl (C=O) groups excluding carboxylic acids is 2. The lowest BCUT2D eigenvalue weighted by Crippen LogP contribution is -2.52. The molecule has 186 valence electrons. The molecule has 10 heteroatoms. The van der Waals surface area contributed by atoms with Crippen LogP contribution < -0.4 is 9.62 Å². The molecular weight excluding hydrogens is 542 g/mol. The largest absolute Gasteiger partial charge is 0.352 e. The number of halogens is 2. The van der Waals surface area contributed by atoms with E-state index in [0.29, 0.717) is 16.3 Å². The van der Waals surface area contributed by atoms with Crippen LogP contribution in [-0.4, -0.2) is 50.0 Å². The fourth-order valence-electron chi connectivity index (χ4n) is 3.30. The summed E-state index contributed by atoms with van der Waals surface area (Å²) in [4.78, 5) is 27.8. The number of anilines is 1. The maximum absolute atomic E-state index is 13.5. The lowest BCUT2D eigenvalue weighted by atomic mass is 10.1. The lowest BCUT2D eigenvalue weighted by molar-refractivity contribution is -0.139. The standard InChI is InChI=1S/C24H31BrClN3O4S/c1-6-16(2)27-24(31)18(4)28(14-19-10-12-20(25)13-11-19)23(30)15-29(34(5,32)33)22-9-7-8-21(26)17(22)3/h7-13,16,18H,6,14-15H2,1-5H3,(H,27,31). The first-order valence-corrected chi connectivity index (χ1v) is 13.9. The van der Waals surface area contributed by atoms with E-state index in [4.69, 9.17) is 11.6 Å². The number of benzene rings is 2. The van der Waals surface area contributed by atoms with Crippen molar-refractivity contribution in [3.63, 3.8) is 0 Å². The van der Waals surface area contributed by atoms with Crippen LogP contribution in [0.2, 0.25) is 5.02 Å². The van der Waals surface area contributed by atoms with Crippen molar-refractivity contribution >= 4 is 55.1 Å². The highest BCUT2D eigenvalue weighted by Gasteiger charge is 2.31. The molecule has 0 saturated carbocycles. The van der Waals surface area contributed by atoms with Gasteiger partial charge in [0.1, 0.15) is 12.6 Å². The van der Waals surface area contributed by atoms with E-state index < -0.39 is 28.5 Å². The van der Waals surface area contributed by atoms with Crippen molar-refractivity contribution in [1.82, 2.24) is 10.2 Å². The molecule has 0 aliphatic heterocycles. The molecule has 0 fully saturated rings. The molecule has 2 atom stereocenters. The molecule has 0 spiro atoms. The second-order valence-corrected chi connectivity index (χ2v) is 11.5. The zero-order valence-corrected chi connectivity index (χ0v) is 23.2. The average Bonchev–Trinajstić information content (AvgIpc) is 2.77. The number of hydrogen-bond acceptors (Lipinski definition) is 4. The minimum absolute atomic E-state index is 0.0544. The molecule has 0 heterocycles. The molecule has 2 aromatic rings. The summed E-state index contributed by atoms with van der Waals surface area (Å²) in [5.74, 6) is -0.802. The van der Waals surface area contributed by atoms with E-state index >= 15 is 0 Å². The molecule has 2 aromatic carbocycles. The van der Waals surface area contributed by atoms with Gasteiger partial charge in [-0.05, 0) is 62.6 Å². The minimum atomic E-state index is -3.81. The van der Waals surface area contributed by atoms with E-state index in [1.54, 1.807) is 32.0 Å². The van der Waals surface area contributed by atoms with Crippen LogP contribution in [0, 0.1) is 6.92 Å². The zero-order chi connectivity index (χ0) is 25.6. The Hall–Kier alpha value is -2.10. The van der Waals surface area contributed by atoms with Gasteiger partial charge in [0, 0.05) is 22.1 Å². The van der Waals surface area contributed by atoms with Gasteiger partial charge < -0.3 is 10.2 Å². The van der Waals surface area contributed by atoms with Gasteiger partial charge >= 0.3 is 0 Å². The van der Waals surface area contributed by atoms with Crippen LogP contribution >= 0.6 is 27.5 Å². The van der Waals surface area contributed by atoms with Gasteiger partial charge in [-0.2, -0.15) is 0 Å². The minimum Gasteiger partial charge on any atom is -0.352 e. The van der Waals surface area contributed by atoms with E-state index in [1.165, 1.54) is 4.90 Å². The smallest absolute Gasteiger partial charge is 0.244 e. The first-order valence-electron chi connectivity index (χ1n) is 10.9. The third-order valence-electron chi connectivity index (χ3n) is 5.62. The molecule has 0 saturated heterocycles. The third-order valence-corrected chi connectivity index (χ3v) is 7.69. The predicted octanol–water partition coefficient (Wildman–Crippen LogP) is 4.51. The van der Waals surface area contributed by atoms with E-state index in [-0.39, 0.29) is 18.5 Å². The first kappa shape index (κ1) is 28.1. The summed E-state index contributed by atoms with van der Waals surface area (Å²) in [5, 5.41) is 3.30. The third kappa shape index (κ3) is 7.45. The Labute approximate surface area is 215 Å². The SMILES string of the molecule is CCC(C)NC(=O)C(C)N(Cc1ccc(Br)cc1)C(=O)CN(c1cccc(Cl)c1C)S(C)(=O)=O. The van der Waals surface area contributed by atoms with Crippen molar-refractivity contribution < 1.29 is 18.0 Å². The van der Waals surface area contributed by atoms with E-state index in [1.807, 2.05) is 38.1 Å². The summed E-state index contributed by atoms with van der Waals surface area (Å²) < 4.78 is 27.2. The maximum atomic E-state index is 13.5. The molecule has 7 nitrogen and oxygen atoms in total. The number of amides is 2. The Kier molecular flexibility index (Phi) is 9.96. The number of rotatable bonds is 10. The summed E-state index contributed by atoms with van der Waals surface area (Å²) in [7, 11) is -3.81. The number of sulfonamides is 1. The Morgan fingerprint density at radius 3 is 2.29 bits per heavy atom. The first-order chi connectivity index (χ1) is 15.8. The fraction of sp³-hybridized carbons (Fsp3) is 0.417. The van der Waals surface area contributed by atoms with Crippen molar-refractivity contribution in [1.29, 1.82) is 0 Å². The highest BCUT2D eigenvalue weighted by molar-refractivity contribution is 9.10. The van der Waals surface area contributed by atoms with Crippen LogP contribution in [-0.2, 0) is 26.2 Å². The number of nitrogens with one attached hydrogen (secondary N) is 1. The topological polar surface area (TPSA) is 86.8 Å². The quantitative estimate of drug-likeness (QED) is 0.454. The van der Waals surface area contributed by atoms with Crippen LogP contribution in [0.25, 0.3) is 0 Å². The second kappa shape index (κ2) is 12.0. The van der Waals surface area contributed by atoms with Gasteiger partial charge in [-0.15, -0.1) is 0 Å². The molecular formula is C24H31BrClN3O4S. The molecule has 1 N–H and O–H groups in total. The van der Waals surface area contributed by atoms with Crippen molar-refractivity contribution in [2.75, 3.05) is 17.1 Å². The molecule has 0 aromatic heterocycles. The van der Waals surface area contributed by atoms with Gasteiger partial charge in [0.05, 0.1) is 11.9 Å². The molecule has 2 unspecified atom stereocenters. The summed E-state index contributed by atoms with van der Waals surface area (Å²) in [5.41, 5.74) is 1.68. The number of hydrogen-bond donors (Lipinski definition) is 1. The van der Waals surface area contributed by atoms with Gasteiger partial charge in [-0.25, -0.2) is 8.42 Å². The normalized spacial score (nSPS) is 13.1. The van der Waals surface area contributed by atoms with Crippen LogP contribution in [0.4, 0.5) is 5.69 Å². The summed E-state index contributed by atoms with van der Waals surface area (Å²) in [6.07, 6.45) is 1.79. The molecule has 0 aliphatic carbocycles. The van der Waals surface area contributed by atoms with Crippen LogP contribution in [0.1, 0.15) is 38.3 Å². The highest BCUT2D eigenvalue weighted by atomic mass is 79.9. The summed E-state index contributed by atoms with van der Waals surface area (Å²) in [6.45, 7) is 6.87.